The Morgan fingerprint density at radius 3 is 2.31 bits per heavy atom. The quantitative estimate of drug-likeness (QED) is 0.169. The number of anilines is 1. The zero-order valence-electron chi connectivity index (χ0n) is 28.0. The molecule has 0 spiro atoms. The van der Waals surface area contributed by atoms with E-state index in [1.165, 1.54) is 37.0 Å². The summed E-state index contributed by atoms with van der Waals surface area (Å²) in [6.07, 6.45) is -0.943. The Hall–Kier alpha value is -5.61. The van der Waals surface area contributed by atoms with Crippen LogP contribution in [0.15, 0.2) is 71.5 Å². The van der Waals surface area contributed by atoms with E-state index in [0.717, 1.165) is 33.3 Å². The van der Waals surface area contributed by atoms with Crippen LogP contribution in [0.2, 0.25) is 5.02 Å². The molecular weight excluding hydrogens is 725 g/mol. The summed E-state index contributed by atoms with van der Waals surface area (Å²) in [5, 5.41) is 16.4. The van der Waals surface area contributed by atoms with Crippen LogP contribution < -0.4 is 19.9 Å². The Morgan fingerprint density at radius 2 is 1.69 bits per heavy atom. The Labute approximate surface area is 299 Å². The largest absolute Gasteiger partial charge is 0.497 e. The highest BCUT2D eigenvalue weighted by molar-refractivity contribution is 7.92. The average Bonchev–Trinajstić information content (AvgIpc) is 3.39. The van der Waals surface area contributed by atoms with Crippen molar-refractivity contribution in [1.29, 1.82) is 0 Å². The van der Waals surface area contributed by atoms with Crippen LogP contribution in [0.5, 0.6) is 5.75 Å². The number of benzene rings is 4. The SMILES string of the molecule is COc1ccc(CN(c2nn(C)c3c(-n4c([C@H](Cc5cc(F)cc(F)c5)NC(=O)O)nc5cc(C)cc(F)c5c4=O)ccc(Cl)c23)S(C)(=O)=O)cc1. The summed E-state index contributed by atoms with van der Waals surface area (Å²) in [4.78, 5) is 31.2. The van der Waals surface area contributed by atoms with Crippen molar-refractivity contribution in [2.75, 3.05) is 17.7 Å². The van der Waals surface area contributed by atoms with Crippen LogP contribution in [-0.4, -0.2) is 52.3 Å². The number of fused-ring (bicyclic) bond motifs is 2. The van der Waals surface area contributed by atoms with E-state index in [0.29, 0.717) is 22.9 Å². The maximum Gasteiger partial charge on any atom is 0.405 e. The molecule has 0 unspecified atom stereocenters. The lowest BCUT2D eigenvalue weighted by Gasteiger charge is -2.23. The molecule has 6 rings (SSSR count). The van der Waals surface area contributed by atoms with Gasteiger partial charge in [0.15, 0.2) is 5.82 Å². The van der Waals surface area contributed by atoms with E-state index in [4.69, 9.17) is 16.3 Å². The predicted molar refractivity (Wildman–Crippen MR) is 189 cm³/mol. The molecule has 1 atom stereocenters. The Kier molecular flexibility index (Phi) is 9.63. The Balaban J connectivity index is 1.65. The van der Waals surface area contributed by atoms with Gasteiger partial charge in [0, 0.05) is 19.5 Å². The summed E-state index contributed by atoms with van der Waals surface area (Å²) in [6, 6.07) is 13.3. The molecule has 0 saturated heterocycles. The van der Waals surface area contributed by atoms with E-state index in [1.54, 1.807) is 31.2 Å². The van der Waals surface area contributed by atoms with Gasteiger partial charge in [-0.3, -0.25) is 14.0 Å². The first-order valence-corrected chi connectivity index (χ1v) is 17.7. The number of ether oxygens (including phenoxy) is 1. The fourth-order valence-electron chi connectivity index (χ4n) is 6.14. The first-order valence-electron chi connectivity index (χ1n) is 15.5. The summed E-state index contributed by atoms with van der Waals surface area (Å²) < 4.78 is 79.2. The number of nitrogens with one attached hydrogen (secondary N) is 1. The topological polar surface area (TPSA) is 149 Å². The standard InChI is InChI=1S/C35H30ClF3N6O6S/c1-18-11-25(39)30-26(12-18)40-32(27(41-35(47)48)15-20-13-21(37)16-22(38)14-20)45(34(30)46)28-10-9-24(36)29-31(28)43(2)42-33(29)44(52(4,49)50)17-19-5-7-23(51-3)8-6-19/h5-14,16,27,41H,15,17H2,1-4H3,(H,47,48)/t27-/m0/s1. The molecule has 0 aliphatic rings. The molecule has 0 radical (unpaired) electrons. The van der Waals surface area contributed by atoms with Crippen molar-refractivity contribution >= 4 is 55.3 Å². The minimum absolute atomic E-state index is 0.0180. The molecular formula is C35H30ClF3N6O6S. The number of aryl methyl sites for hydroxylation is 2. The van der Waals surface area contributed by atoms with Crippen LogP contribution in [0.3, 0.4) is 0 Å². The molecule has 17 heteroatoms. The summed E-state index contributed by atoms with van der Waals surface area (Å²) >= 11 is 6.74. The fourth-order valence-corrected chi connectivity index (χ4v) is 7.20. The van der Waals surface area contributed by atoms with Gasteiger partial charge in [0.25, 0.3) is 5.56 Å². The lowest BCUT2D eigenvalue weighted by atomic mass is 10.0. The maximum atomic E-state index is 15.6. The lowest BCUT2D eigenvalue weighted by Crippen LogP contribution is -2.35. The van der Waals surface area contributed by atoms with Crippen molar-refractivity contribution in [3.8, 4) is 11.4 Å². The van der Waals surface area contributed by atoms with Gasteiger partial charge in [-0.15, -0.1) is 0 Å². The average molecular weight is 755 g/mol. The van der Waals surface area contributed by atoms with Crippen LogP contribution in [0.1, 0.15) is 28.6 Å². The third-order valence-electron chi connectivity index (χ3n) is 8.33. The monoisotopic (exact) mass is 754 g/mol. The molecule has 2 heterocycles. The number of amides is 1. The summed E-state index contributed by atoms with van der Waals surface area (Å²) in [7, 11) is -1.05. The smallest absolute Gasteiger partial charge is 0.405 e. The molecule has 6 aromatic rings. The predicted octanol–water partition coefficient (Wildman–Crippen LogP) is 6.18. The van der Waals surface area contributed by atoms with E-state index in [1.807, 2.05) is 0 Å². The number of hydrogen-bond acceptors (Lipinski definition) is 7. The molecule has 0 aliphatic heterocycles. The first kappa shape index (κ1) is 36.2. The number of sulfonamides is 1. The van der Waals surface area contributed by atoms with E-state index < -0.39 is 50.6 Å². The number of aromatic nitrogens is 4. The van der Waals surface area contributed by atoms with Crippen molar-refractivity contribution in [3.63, 3.8) is 0 Å². The molecule has 0 bridgehead atoms. The maximum absolute atomic E-state index is 15.6. The van der Waals surface area contributed by atoms with Crippen molar-refractivity contribution < 1.29 is 36.2 Å². The highest BCUT2D eigenvalue weighted by Gasteiger charge is 2.30. The second-order valence-electron chi connectivity index (χ2n) is 12.1. The van der Waals surface area contributed by atoms with Crippen LogP contribution in [0.25, 0.3) is 27.5 Å². The van der Waals surface area contributed by atoms with Crippen molar-refractivity contribution in [2.45, 2.75) is 25.9 Å². The number of halogens is 4. The van der Waals surface area contributed by atoms with E-state index in [9.17, 15) is 31.9 Å². The number of rotatable bonds is 10. The summed E-state index contributed by atoms with van der Waals surface area (Å²) in [6.45, 7) is 1.41. The van der Waals surface area contributed by atoms with Crippen LogP contribution in [0.4, 0.5) is 23.8 Å². The zero-order valence-corrected chi connectivity index (χ0v) is 29.6. The second kappa shape index (κ2) is 13.8. The van der Waals surface area contributed by atoms with Gasteiger partial charge < -0.3 is 15.2 Å². The van der Waals surface area contributed by atoms with Gasteiger partial charge in [0.1, 0.15) is 34.4 Å². The van der Waals surface area contributed by atoms with Gasteiger partial charge in [-0.25, -0.2) is 35.7 Å². The fraction of sp³-hybridized carbons (Fsp3) is 0.200. The van der Waals surface area contributed by atoms with E-state index >= 15 is 4.39 Å². The highest BCUT2D eigenvalue weighted by atomic mass is 35.5. The molecule has 0 aliphatic carbocycles. The van der Waals surface area contributed by atoms with Gasteiger partial charge in [0.05, 0.1) is 53.1 Å². The molecule has 12 nitrogen and oxygen atoms in total. The van der Waals surface area contributed by atoms with Crippen molar-refractivity contribution in [3.05, 3.63) is 122 Å². The number of carbonyl (C=O) groups is 1. The number of carboxylic acid groups (broad SMARTS) is 1. The molecule has 52 heavy (non-hydrogen) atoms. The van der Waals surface area contributed by atoms with Crippen LogP contribution in [0, 0.1) is 24.4 Å². The summed E-state index contributed by atoms with van der Waals surface area (Å²) in [5.74, 6) is -2.54. The third kappa shape index (κ3) is 6.98. The van der Waals surface area contributed by atoms with Gasteiger partial charge >= 0.3 is 6.09 Å². The number of hydrogen-bond donors (Lipinski definition) is 2. The Morgan fingerprint density at radius 1 is 1.02 bits per heavy atom. The van der Waals surface area contributed by atoms with Gasteiger partial charge in [0.2, 0.25) is 10.0 Å². The minimum Gasteiger partial charge on any atom is -0.497 e. The highest BCUT2D eigenvalue weighted by Crippen LogP contribution is 2.38. The van der Waals surface area contributed by atoms with Crippen LogP contribution in [-0.2, 0) is 30.0 Å². The van der Waals surface area contributed by atoms with Gasteiger partial charge in [-0.2, -0.15) is 5.10 Å². The van der Waals surface area contributed by atoms with Gasteiger partial charge in [-0.05, 0) is 72.1 Å². The number of methoxy groups -OCH3 is 1. The molecule has 2 aromatic heterocycles. The second-order valence-corrected chi connectivity index (χ2v) is 14.4. The lowest BCUT2D eigenvalue weighted by molar-refractivity contribution is 0.189. The first-order chi connectivity index (χ1) is 24.5. The van der Waals surface area contributed by atoms with E-state index in [-0.39, 0.29) is 57.3 Å². The van der Waals surface area contributed by atoms with Crippen LogP contribution >= 0.6 is 11.6 Å². The molecule has 270 valence electrons. The zero-order chi connectivity index (χ0) is 37.6. The molecule has 0 fully saturated rings. The minimum atomic E-state index is -4.03. The van der Waals surface area contributed by atoms with Gasteiger partial charge in [-0.1, -0.05) is 23.7 Å². The van der Waals surface area contributed by atoms with Crippen molar-refractivity contribution in [1.82, 2.24) is 24.6 Å². The van der Waals surface area contributed by atoms with E-state index in [2.05, 4.69) is 15.4 Å². The third-order valence-corrected chi connectivity index (χ3v) is 9.74. The Bertz CT molecular complexity index is 2540. The molecule has 2 N–H and O–H groups in total. The molecule has 1 amide bonds. The molecule has 0 saturated carbocycles. The number of nitrogens with zero attached hydrogens (tertiary/aromatic N) is 5. The van der Waals surface area contributed by atoms with Crippen molar-refractivity contribution in [2.24, 2.45) is 7.05 Å². The normalized spacial score (nSPS) is 12.3. The molecule has 4 aromatic carbocycles. The summed E-state index contributed by atoms with van der Waals surface area (Å²) in [5.41, 5.74) is 0.0538.